The summed E-state index contributed by atoms with van der Waals surface area (Å²) in [6.07, 6.45) is 0.703. The van der Waals surface area contributed by atoms with Crippen LogP contribution in [0.4, 0.5) is 5.69 Å². The second kappa shape index (κ2) is 10.3. The van der Waals surface area contributed by atoms with E-state index in [9.17, 15) is 19.2 Å². The molecule has 4 aromatic rings. The smallest absolute Gasteiger partial charge is 0.356 e. The highest BCUT2D eigenvalue weighted by Gasteiger charge is 2.39. The van der Waals surface area contributed by atoms with Gasteiger partial charge in [-0.15, -0.1) is 0 Å². The van der Waals surface area contributed by atoms with Crippen LogP contribution in [-0.4, -0.2) is 65.2 Å². The van der Waals surface area contributed by atoms with Crippen molar-refractivity contribution < 1.29 is 23.9 Å². The van der Waals surface area contributed by atoms with Gasteiger partial charge in [0.05, 0.1) is 41.5 Å². The van der Waals surface area contributed by atoms with Gasteiger partial charge in [0.2, 0.25) is 5.91 Å². The number of rotatable bonds is 6. The number of fused-ring (bicyclic) bond motifs is 3. The van der Waals surface area contributed by atoms with Crippen molar-refractivity contribution >= 4 is 51.9 Å². The second-order valence-electron chi connectivity index (χ2n) is 9.78. The number of nitrogens with one attached hydrogen (secondary N) is 2. The Morgan fingerprint density at radius 2 is 1.70 bits per heavy atom. The van der Waals surface area contributed by atoms with Gasteiger partial charge in [-0.25, -0.2) is 4.79 Å². The van der Waals surface area contributed by atoms with Crippen molar-refractivity contribution in [3.05, 3.63) is 99.7 Å². The largest absolute Gasteiger partial charge is 0.464 e. The Balaban J connectivity index is 1.29. The maximum atomic E-state index is 13.5. The number of esters is 1. The SMILES string of the molecule is COC(=O)c1[nH]c2cccc(Cl)c2c1NC(=O)CN1CCc2ccccc2[C@@H]1CN1C(=O)c2ccccc2C1=O. The van der Waals surface area contributed by atoms with Gasteiger partial charge in [-0.2, -0.15) is 0 Å². The molecule has 1 atom stereocenters. The van der Waals surface area contributed by atoms with Crippen molar-refractivity contribution in [2.45, 2.75) is 12.5 Å². The number of anilines is 1. The molecule has 0 spiro atoms. The lowest BCUT2D eigenvalue weighted by Gasteiger charge is -2.38. The molecule has 3 heterocycles. The molecule has 202 valence electrons. The Morgan fingerprint density at radius 1 is 1.00 bits per heavy atom. The zero-order valence-electron chi connectivity index (χ0n) is 21.6. The van der Waals surface area contributed by atoms with E-state index in [2.05, 4.69) is 10.3 Å². The van der Waals surface area contributed by atoms with Gasteiger partial charge in [0.25, 0.3) is 11.8 Å². The third-order valence-corrected chi connectivity index (χ3v) is 7.85. The summed E-state index contributed by atoms with van der Waals surface area (Å²) < 4.78 is 4.91. The number of aromatic amines is 1. The maximum Gasteiger partial charge on any atom is 0.356 e. The van der Waals surface area contributed by atoms with Crippen LogP contribution in [0.15, 0.2) is 66.7 Å². The summed E-state index contributed by atoms with van der Waals surface area (Å²) in [6.45, 7) is 0.597. The van der Waals surface area contributed by atoms with Crippen molar-refractivity contribution in [3.8, 4) is 0 Å². The molecular formula is C30H25ClN4O5. The molecule has 0 fully saturated rings. The van der Waals surface area contributed by atoms with E-state index in [1.54, 1.807) is 42.5 Å². The fraction of sp³-hybridized carbons (Fsp3) is 0.200. The molecular weight excluding hydrogens is 532 g/mol. The molecule has 6 rings (SSSR count). The first-order valence-corrected chi connectivity index (χ1v) is 13.2. The normalized spacial score (nSPS) is 16.6. The lowest BCUT2D eigenvalue weighted by molar-refractivity contribution is -0.118. The number of nitrogens with zero attached hydrogens (tertiary/aromatic N) is 2. The number of aromatic nitrogens is 1. The number of H-pyrrole nitrogens is 1. The Bertz CT molecular complexity index is 1660. The molecule has 3 aromatic carbocycles. The summed E-state index contributed by atoms with van der Waals surface area (Å²) in [5, 5.41) is 3.74. The zero-order valence-corrected chi connectivity index (χ0v) is 22.3. The van der Waals surface area contributed by atoms with Crippen LogP contribution in [0.2, 0.25) is 5.02 Å². The van der Waals surface area contributed by atoms with Crippen LogP contribution in [0.3, 0.4) is 0 Å². The number of amides is 3. The van der Waals surface area contributed by atoms with Crippen LogP contribution in [0.25, 0.3) is 10.9 Å². The quantitative estimate of drug-likeness (QED) is 0.268. The number of carbonyl (C=O) groups is 4. The lowest BCUT2D eigenvalue weighted by atomic mass is 9.92. The number of ether oxygens (including phenoxy) is 1. The summed E-state index contributed by atoms with van der Waals surface area (Å²) in [6, 6.07) is 19.4. The van der Waals surface area contributed by atoms with E-state index in [0.29, 0.717) is 40.0 Å². The average molecular weight is 557 g/mol. The van der Waals surface area contributed by atoms with Crippen LogP contribution in [0, 0.1) is 0 Å². The first-order valence-electron chi connectivity index (χ1n) is 12.8. The number of hydrogen-bond acceptors (Lipinski definition) is 6. The van der Waals surface area contributed by atoms with E-state index in [1.165, 1.54) is 12.0 Å². The fourth-order valence-electron chi connectivity index (χ4n) is 5.63. The highest BCUT2D eigenvalue weighted by molar-refractivity contribution is 6.37. The molecule has 2 aliphatic rings. The van der Waals surface area contributed by atoms with Gasteiger partial charge in [-0.05, 0) is 41.8 Å². The lowest BCUT2D eigenvalue weighted by Crippen LogP contribution is -2.46. The van der Waals surface area contributed by atoms with E-state index in [0.717, 1.165) is 11.1 Å². The van der Waals surface area contributed by atoms with E-state index in [4.69, 9.17) is 16.3 Å². The Labute approximate surface area is 234 Å². The van der Waals surface area contributed by atoms with Crippen molar-refractivity contribution in [3.63, 3.8) is 0 Å². The third kappa shape index (κ3) is 4.33. The van der Waals surface area contributed by atoms with Gasteiger partial charge in [-0.1, -0.05) is 54.1 Å². The number of hydrogen-bond donors (Lipinski definition) is 2. The van der Waals surface area contributed by atoms with Crippen molar-refractivity contribution in [1.29, 1.82) is 0 Å². The molecule has 0 aliphatic carbocycles. The molecule has 0 bridgehead atoms. The van der Waals surface area contributed by atoms with Gasteiger partial charge < -0.3 is 15.0 Å². The molecule has 0 unspecified atom stereocenters. The zero-order chi connectivity index (χ0) is 28.0. The molecule has 9 nitrogen and oxygen atoms in total. The Hall–Kier alpha value is -4.47. The topological polar surface area (TPSA) is 112 Å². The molecule has 40 heavy (non-hydrogen) atoms. The first kappa shape index (κ1) is 25.8. The Morgan fingerprint density at radius 3 is 2.42 bits per heavy atom. The molecule has 10 heteroatoms. The van der Waals surface area contributed by atoms with Gasteiger partial charge in [0, 0.05) is 24.0 Å². The molecule has 2 aliphatic heterocycles. The minimum atomic E-state index is -0.641. The van der Waals surface area contributed by atoms with Crippen molar-refractivity contribution in [2.75, 3.05) is 32.1 Å². The minimum Gasteiger partial charge on any atom is -0.464 e. The third-order valence-electron chi connectivity index (χ3n) is 7.53. The molecule has 0 radical (unpaired) electrons. The number of halogens is 1. The fourth-order valence-corrected chi connectivity index (χ4v) is 5.90. The van der Waals surface area contributed by atoms with Crippen LogP contribution >= 0.6 is 11.6 Å². The van der Waals surface area contributed by atoms with Crippen molar-refractivity contribution in [1.82, 2.24) is 14.8 Å². The van der Waals surface area contributed by atoms with Gasteiger partial charge in [-0.3, -0.25) is 24.2 Å². The molecule has 0 saturated heterocycles. The standard InChI is InChI=1S/C30H25ClN4O5/c1-40-30(39)27-26(25-21(31)11-6-12-22(25)32-27)33-24(36)16-34-14-13-17-7-2-3-8-18(17)23(34)15-35-28(37)19-9-4-5-10-20(19)29(35)38/h2-12,23,32H,13-16H2,1H3,(H,33,36)/t23-/m0/s1. The number of benzene rings is 3. The van der Waals surface area contributed by atoms with Gasteiger partial charge in [0.15, 0.2) is 0 Å². The van der Waals surface area contributed by atoms with E-state index in [1.807, 2.05) is 29.2 Å². The maximum absolute atomic E-state index is 13.5. The van der Waals surface area contributed by atoms with E-state index < -0.39 is 12.0 Å². The van der Waals surface area contributed by atoms with Crippen molar-refractivity contribution in [2.24, 2.45) is 0 Å². The first-order chi connectivity index (χ1) is 19.4. The van der Waals surface area contributed by atoms with Gasteiger partial charge in [0.1, 0.15) is 5.69 Å². The van der Waals surface area contributed by atoms with Crippen LogP contribution in [0.1, 0.15) is 48.4 Å². The summed E-state index contributed by atoms with van der Waals surface area (Å²) in [7, 11) is 1.26. The molecule has 3 amide bonds. The van der Waals surface area contributed by atoms with Crippen LogP contribution in [-0.2, 0) is 16.0 Å². The summed E-state index contributed by atoms with van der Waals surface area (Å²) >= 11 is 6.44. The van der Waals surface area contributed by atoms with E-state index >= 15 is 0 Å². The summed E-state index contributed by atoms with van der Waals surface area (Å²) in [5.74, 6) is -1.70. The summed E-state index contributed by atoms with van der Waals surface area (Å²) in [5.41, 5.74) is 3.75. The molecule has 2 N–H and O–H groups in total. The van der Waals surface area contributed by atoms with Gasteiger partial charge >= 0.3 is 5.97 Å². The monoisotopic (exact) mass is 556 g/mol. The molecule has 0 saturated carbocycles. The van der Waals surface area contributed by atoms with Crippen LogP contribution < -0.4 is 5.32 Å². The average Bonchev–Trinajstić information content (AvgIpc) is 3.45. The second-order valence-corrected chi connectivity index (χ2v) is 10.2. The predicted octanol–water partition coefficient (Wildman–Crippen LogP) is 4.44. The highest BCUT2D eigenvalue weighted by atomic mass is 35.5. The number of methoxy groups -OCH3 is 1. The summed E-state index contributed by atoms with van der Waals surface area (Å²) in [4.78, 5) is 58.5. The molecule has 1 aromatic heterocycles. The minimum absolute atomic E-state index is 0.0418. The highest BCUT2D eigenvalue weighted by Crippen LogP contribution is 2.36. The predicted molar refractivity (Wildman–Crippen MR) is 150 cm³/mol. The number of carbonyl (C=O) groups excluding carboxylic acids is 4. The Kier molecular flexibility index (Phi) is 6.61. The number of imide groups is 1. The van der Waals surface area contributed by atoms with E-state index in [-0.39, 0.29) is 42.2 Å². The van der Waals surface area contributed by atoms with Crippen LogP contribution in [0.5, 0.6) is 0 Å².